The average Bonchev–Trinajstić information content (AvgIpc) is 2.74. The van der Waals surface area contributed by atoms with E-state index >= 15 is 0 Å². The van der Waals surface area contributed by atoms with Crippen molar-refractivity contribution in [2.75, 3.05) is 23.7 Å². The molecule has 0 saturated carbocycles. The molecule has 0 unspecified atom stereocenters. The predicted octanol–water partition coefficient (Wildman–Crippen LogP) is 3.91. The van der Waals surface area contributed by atoms with Crippen LogP contribution in [0.25, 0.3) is 0 Å². The van der Waals surface area contributed by atoms with E-state index in [1.807, 2.05) is 52.0 Å². The second kappa shape index (κ2) is 11.7. The Morgan fingerprint density at radius 3 is 2.29 bits per heavy atom. The van der Waals surface area contributed by atoms with Crippen LogP contribution in [0.4, 0.5) is 5.69 Å². The van der Waals surface area contributed by atoms with Gasteiger partial charge in [-0.25, -0.2) is 8.42 Å². The van der Waals surface area contributed by atoms with Crippen molar-refractivity contribution < 1.29 is 18.0 Å². The van der Waals surface area contributed by atoms with Crippen molar-refractivity contribution in [3.63, 3.8) is 0 Å². The number of amides is 2. The minimum absolute atomic E-state index is 0.170. The standard InChI is InChI=1S/C25H34ClN3O4S/c1-17(2)14-27-25(31)20(5)28(15-21-9-7-8-18(3)12-21)24(30)16-29(34(6,32)33)22-11-10-19(4)23(26)13-22/h7-13,17,20H,14-16H2,1-6H3,(H,27,31)/t20-/m1/s1. The molecule has 2 aromatic rings. The molecule has 7 nitrogen and oxygen atoms in total. The number of benzene rings is 2. The normalized spacial score (nSPS) is 12.4. The molecular weight excluding hydrogens is 474 g/mol. The first-order valence-corrected chi connectivity index (χ1v) is 13.4. The Bertz CT molecular complexity index is 1130. The van der Waals surface area contributed by atoms with E-state index in [0.29, 0.717) is 17.3 Å². The van der Waals surface area contributed by atoms with Crippen molar-refractivity contribution in [2.24, 2.45) is 5.92 Å². The number of rotatable bonds is 10. The van der Waals surface area contributed by atoms with Crippen LogP contribution >= 0.6 is 11.6 Å². The van der Waals surface area contributed by atoms with Crippen LogP contribution in [0, 0.1) is 19.8 Å². The topological polar surface area (TPSA) is 86.8 Å². The summed E-state index contributed by atoms with van der Waals surface area (Å²) in [6.07, 6.45) is 1.04. The van der Waals surface area contributed by atoms with E-state index in [4.69, 9.17) is 11.6 Å². The maximum atomic E-state index is 13.5. The minimum Gasteiger partial charge on any atom is -0.354 e. The van der Waals surface area contributed by atoms with E-state index in [1.165, 1.54) is 11.0 Å². The van der Waals surface area contributed by atoms with Crippen LogP contribution in [0.1, 0.15) is 37.5 Å². The zero-order valence-corrected chi connectivity index (χ0v) is 22.2. The molecular formula is C25H34ClN3O4S. The number of nitrogens with one attached hydrogen (secondary N) is 1. The number of sulfonamides is 1. The largest absolute Gasteiger partial charge is 0.354 e. The van der Waals surface area contributed by atoms with Gasteiger partial charge >= 0.3 is 0 Å². The molecule has 2 aromatic carbocycles. The van der Waals surface area contributed by atoms with Gasteiger partial charge in [-0.1, -0.05) is 61.3 Å². The number of carbonyl (C=O) groups is 2. The Morgan fingerprint density at radius 1 is 1.06 bits per heavy atom. The van der Waals surface area contributed by atoms with Gasteiger partial charge in [0.1, 0.15) is 12.6 Å². The van der Waals surface area contributed by atoms with E-state index in [9.17, 15) is 18.0 Å². The van der Waals surface area contributed by atoms with Crippen LogP contribution in [0.2, 0.25) is 5.02 Å². The van der Waals surface area contributed by atoms with Gasteiger partial charge in [0, 0.05) is 18.1 Å². The van der Waals surface area contributed by atoms with Gasteiger partial charge in [0.05, 0.1) is 11.9 Å². The van der Waals surface area contributed by atoms with Crippen LogP contribution < -0.4 is 9.62 Å². The highest BCUT2D eigenvalue weighted by molar-refractivity contribution is 7.92. The Morgan fingerprint density at radius 2 is 1.74 bits per heavy atom. The molecule has 0 heterocycles. The number of hydrogen-bond acceptors (Lipinski definition) is 4. The number of hydrogen-bond donors (Lipinski definition) is 1. The first kappa shape index (κ1) is 27.7. The first-order chi connectivity index (χ1) is 15.8. The molecule has 1 N–H and O–H groups in total. The van der Waals surface area contributed by atoms with Crippen molar-refractivity contribution in [3.05, 3.63) is 64.2 Å². The summed E-state index contributed by atoms with van der Waals surface area (Å²) < 4.78 is 26.2. The summed E-state index contributed by atoms with van der Waals surface area (Å²) in [5.74, 6) is -0.529. The van der Waals surface area contributed by atoms with Gasteiger partial charge in [-0.2, -0.15) is 0 Å². The molecule has 0 bridgehead atoms. The molecule has 2 rings (SSSR count). The minimum atomic E-state index is -3.80. The van der Waals surface area contributed by atoms with E-state index in [-0.39, 0.29) is 18.4 Å². The van der Waals surface area contributed by atoms with Gasteiger partial charge < -0.3 is 10.2 Å². The highest BCUT2D eigenvalue weighted by Crippen LogP contribution is 2.25. The molecule has 0 saturated heterocycles. The van der Waals surface area contributed by atoms with Crippen LogP contribution in [0.15, 0.2) is 42.5 Å². The van der Waals surface area contributed by atoms with Crippen molar-refractivity contribution in [2.45, 2.75) is 47.2 Å². The summed E-state index contributed by atoms with van der Waals surface area (Å²) in [4.78, 5) is 27.8. The number of anilines is 1. The Kier molecular flexibility index (Phi) is 9.53. The fourth-order valence-corrected chi connectivity index (χ4v) is 4.41. The van der Waals surface area contributed by atoms with Crippen LogP contribution in [-0.2, 0) is 26.2 Å². The number of halogens is 1. The second-order valence-electron chi connectivity index (χ2n) is 9.03. The second-order valence-corrected chi connectivity index (χ2v) is 11.3. The molecule has 0 aliphatic rings. The monoisotopic (exact) mass is 507 g/mol. The van der Waals surface area contributed by atoms with Gasteiger partial charge in [0.25, 0.3) is 0 Å². The molecule has 1 atom stereocenters. The lowest BCUT2D eigenvalue weighted by molar-refractivity contribution is -0.139. The molecule has 0 aliphatic heterocycles. The SMILES string of the molecule is Cc1cccc(CN(C(=O)CN(c2ccc(C)c(Cl)c2)S(C)(=O)=O)[C@H](C)C(=O)NCC(C)C)c1. The van der Waals surface area contributed by atoms with Gasteiger partial charge in [0.15, 0.2) is 0 Å². The summed E-state index contributed by atoms with van der Waals surface area (Å²) in [7, 11) is -3.80. The smallest absolute Gasteiger partial charge is 0.244 e. The van der Waals surface area contributed by atoms with Gasteiger partial charge in [0.2, 0.25) is 21.8 Å². The van der Waals surface area contributed by atoms with Crippen molar-refractivity contribution >= 4 is 39.1 Å². The average molecular weight is 508 g/mol. The maximum Gasteiger partial charge on any atom is 0.244 e. The third-order valence-electron chi connectivity index (χ3n) is 5.41. The van der Waals surface area contributed by atoms with Crippen LogP contribution in [-0.4, -0.2) is 50.5 Å². The number of carbonyl (C=O) groups excluding carboxylic acids is 2. The molecule has 0 spiro atoms. The summed E-state index contributed by atoms with van der Waals surface area (Å²) in [5.41, 5.74) is 2.95. The molecule has 2 amide bonds. The lowest BCUT2D eigenvalue weighted by atomic mass is 10.1. The van der Waals surface area contributed by atoms with Gasteiger partial charge in [-0.3, -0.25) is 13.9 Å². The van der Waals surface area contributed by atoms with E-state index in [2.05, 4.69) is 5.32 Å². The van der Waals surface area contributed by atoms with Crippen molar-refractivity contribution in [1.82, 2.24) is 10.2 Å². The third kappa shape index (κ3) is 7.74. The van der Waals surface area contributed by atoms with E-state index in [1.54, 1.807) is 19.1 Å². The first-order valence-electron chi connectivity index (χ1n) is 11.2. The lowest BCUT2D eigenvalue weighted by Crippen LogP contribution is -2.51. The molecule has 0 fully saturated rings. The Balaban J connectivity index is 2.39. The predicted molar refractivity (Wildman–Crippen MR) is 137 cm³/mol. The van der Waals surface area contributed by atoms with Crippen molar-refractivity contribution in [3.8, 4) is 0 Å². The maximum absolute atomic E-state index is 13.5. The van der Waals surface area contributed by atoms with Crippen molar-refractivity contribution in [1.29, 1.82) is 0 Å². The van der Waals surface area contributed by atoms with Gasteiger partial charge in [-0.15, -0.1) is 0 Å². The molecule has 9 heteroatoms. The molecule has 34 heavy (non-hydrogen) atoms. The summed E-state index contributed by atoms with van der Waals surface area (Å²) in [6, 6.07) is 11.7. The van der Waals surface area contributed by atoms with E-state index < -0.39 is 28.5 Å². The molecule has 0 radical (unpaired) electrons. The molecule has 186 valence electrons. The zero-order chi connectivity index (χ0) is 25.6. The van der Waals surface area contributed by atoms with E-state index in [0.717, 1.165) is 27.3 Å². The number of nitrogens with zero attached hydrogens (tertiary/aromatic N) is 2. The van der Waals surface area contributed by atoms with Gasteiger partial charge in [-0.05, 0) is 49.9 Å². The fraction of sp³-hybridized carbons (Fsp3) is 0.440. The lowest BCUT2D eigenvalue weighted by Gasteiger charge is -2.31. The zero-order valence-electron chi connectivity index (χ0n) is 20.6. The molecule has 0 aromatic heterocycles. The molecule has 0 aliphatic carbocycles. The Hall–Kier alpha value is -2.58. The number of aryl methyl sites for hydroxylation is 2. The summed E-state index contributed by atoms with van der Waals surface area (Å²) >= 11 is 6.21. The quantitative estimate of drug-likeness (QED) is 0.528. The van der Waals surface area contributed by atoms with Crippen LogP contribution in [0.5, 0.6) is 0 Å². The Labute approximate surface area is 208 Å². The third-order valence-corrected chi connectivity index (χ3v) is 6.96. The van der Waals surface area contributed by atoms with Crippen LogP contribution in [0.3, 0.4) is 0 Å². The highest BCUT2D eigenvalue weighted by Gasteiger charge is 2.30. The highest BCUT2D eigenvalue weighted by atomic mass is 35.5. The fourth-order valence-electron chi connectivity index (χ4n) is 3.39. The summed E-state index contributed by atoms with van der Waals surface area (Å²) in [6.45, 7) is 9.57. The summed E-state index contributed by atoms with van der Waals surface area (Å²) in [5, 5.41) is 3.26.